The third-order valence-electron chi connectivity index (χ3n) is 2.76. The normalized spacial score (nSPS) is 24.3. The molecule has 18 heavy (non-hydrogen) atoms. The molecule has 1 saturated heterocycles. The Hall–Kier alpha value is -1.14. The first-order chi connectivity index (χ1) is 8.37. The van der Waals surface area contributed by atoms with E-state index in [1.165, 1.54) is 11.3 Å². The number of ether oxygens (including phenoxy) is 1. The van der Waals surface area contributed by atoms with Gasteiger partial charge < -0.3 is 14.7 Å². The maximum atomic E-state index is 11.9. The van der Waals surface area contributed by atoms with Gasteiger partial charge in [-0.15, -0.1) is 11.3 Å². The van der Waals surface area contributed by atoms with Crippen LogP contribution in [0.4, 0.5) is 4.79 Å². The second-order valence-electron chi connectivity index (χ2n) is 5.46. The van der Waals surface area contributed by atoms with Gasteiger partial charge in [-0.25, -0.2) is 4.79 Å². The summed E-state index contributed by atoms with van der Waals surface area (Å²) in [7, 11) is 0. The number of aromatic nitrogens is 1. The van der Waals surface area contributed by atoms with Gasteiger partial charge in [0.2, 0.25) is 0 Å². The van der Waals surface area contributed by atoms with Crippen LogP contribution in [0.3, 0.4) is 0 Å². The van der Waals surface area contributed by atoms with Gasteiger partial charge in [0.15, 0.2) is 0 Å². The molecular formula is C12H18N2O3S. The molecule has 0 saturated carbocycles. The predicted molar refractivity (Wildman–Crippen MR) is 68.7 cm³/mol. The number of rotatable bonds is 1. The highest BCUT2D eigenvalue weighted by molar-refractivity contribution is 7.09. The number of likely N-dealkylation sites (tertiary alicyclic amines) is 1. The summed E-state index contributed by atoms with van der Waals surface area (Å²) in [5.41, 5.74) is 1.22. The van der Waals surface area contributed by atoms with E-state index in [1.807, 2.05) is 20.8 Å². The molecule has 0 spiro atoms. The summed E-state index contributed by atoms with van der Waals surface area (Å²) in [6, 6.07) is 0. The fraction of sp³-hybridized carbons (Fsp3) is 0.667. The Morgan fingerprint density at radius 3 is 2.83 bits per heavy atom. The van der Waals surface area contributed by atoms with E-state index >= 15 is 0 Å². The van der Waals surface area contributed by atoms with Crippen molar-refractivity contribution in [3.8, 4) is 0 Å². The molecule has 1 fully saturated rings. The molecule has 1 aliphatic heterocycles. The second kappa shape index (κ2) is 4.85. The van der Waals surface area contributed by atoms with E-state index in [-0.39, 0.29) is 12.0 Å². The van der Waals surface area contributed by atoms with Crippen molar-refractivity contribution in [3.63, 3.8) is 0 Å². The first kappa shape index (κ1) is 13.3. The fourth-order valence-corrected chi connectivity index (χ4v) is 2.72. The van der Waals surface area contributed by atoms with Crippen LogP contribution in [-0.4, -0.2) is 45.9 Å². The maximum absolute atomic E-state index is 11.9. The summed E-state index contributed by atoms with van der Waals surface area (Å²) in [6.45, 7) is 6.30. The molecular weight excluding hydrogens is 252 g/mol. The van der Waals surface area contributed by atoms with Gasteiger partial charge in [-0.1, -0.05) is 0 Å². The molecule has 100 valence electrons. The van der Waals surface area contributed by atoms with Crippen LogP contribution < -0.4 is 0 Å². The molecule has 0 aromatic carbocycles. The van der Waals surface area contributed by atoms with Crippen LogP contribution in [0.2, 0.25) is 0 Å². The Morgan fingerprint density at radius 2 is 2.28 bits per heavy atom. The van der Waals surface area contributed by atoms with E-state index in [9.17, 15) is 9.90 Å². The van der Waals surface area contributed by atoms with Crippen molar-refractivity contribution in [2.45, 2.75) is 38.4 Å². The molecule has 1 N–H and O–H groups in total. The summed E-state index contributed by atoms with van der Waals surface area (Å²) in [6.07, 6.45) is 0.837. The van der Waals surface area contributed by atoms with E-state index in [4.69, 9.17) is 4.74 Å². The number of hydrogen-bond donors (Lipinski definition) is 1. The molecule has 6 heteroatoms. The molecule has 1 aliphatic rings. The van der Waals surface area contributed by atoms with Gasteiger partial charge in [-0.05, 0) is 20.8 Å². The lowest BCUT2D eigenvalue weighted by Crippen LogP contribution is -2.35. The van der Waals surface area contributed by atoms with Gasteiger partial charge in [0.05, 0.1) is 18.2 Å². The average Bonchev–Trinajstić information content (AvgIpc) is 2.82. The Kier molecular flexibility index (Phi) is 3.59. The molecule has 2 heterocycles. The molecule has 1 aromatic rings. The van der Waals surface area contributed by atoms with Crippen LogP contribution in [0.5, 0.6) is 0 Å². The van der Waals surface area contributed by atoms with Gasteiger partial charge in [0, 0.05) is 23.5 Å². The topological polar surface area (TPSA) is 62.7 Å². The van der Waals surface area contributed by atoms with E-state index < -0.39 is 11.7 Å². The minimum absolute atomic E-state index is 0.0509. The third-order valence-corrected chi connectivity index (χ3v) is 3.67. The smallest absolute Gasteiger partial charge is 0.410 e. The molecule has 0 radical (unpaired) electrons. The molecule has 2 unspecified atom stereocenters. The van der Waals surface area contributed by atoms with E-state index in [1.54, 1.807) is 16.6 Å². The minimum Gasteiger partial charge on any atom is -0.444 e. The summed E-state index contributed by atoms with van der Waals surface area (Å²) >= 11 is 1.50. The highest BCUT2D eigenvalue weighted by Crippen LogP contribution is 2.30. The highest BCUT2D eigenvalue weighted by Gasteiger charge is 2.37. The minimum atomic E-state index is -0.544. The zero-order valence-corrected chi connectivity index (χ0v) is 11.6. The predicted octanol–water partition coefficient (Wildman–Crippen LogP) is 1.84. The number of aliphatic hydroxyl groups is 1. The van der Waals surface area contributed by atoms with Gasteiger partial charge in [0.1, 0.15) is 5.60 Å². The monoisotopic (exact) mass is 270 g/mol. The molecule has 1 aromatic heterocycles. The number of thiazole rings is 1. The van der Waals surface area contributed by atoms with Crippen molar-refractivity contribution in [3.05, 3.63) is 16.6 Å². The quantitative estimate of drug-likeness (QED) is 0.845. The molecule has 0 aliphatic carbocycles. The Balaban J connectivity index is 2.00. The van der Waals surface area contributed by atoms with E-state index in [0.29, 0.717) is 13.1 Å². The maximum Gasteiger partial charge on any atom is 0.410 e. The number of carbonyl (C=O) groups excluding carboxylic acids is 1. The van der Waals surface area contributed by atoms with Crippen LogP contribution in [0, 0.1) is 0 Å². The SMILES string of the molecule is CC(C)(C)OC(=O)N1CC(O)C(c2cncs2)C1. The molecule has 1 amide bonds. The summed E-state index contributed by atoms with van der Waals surface area (Å²) in [4.78, 5) is 18.5. The van der Waals surface area contributed by atoms with E-state index in [0.717, 1.165) is 4.88 Å². The lowest BCUT2D eigenvalue weighted by molar-refractivity contribution is 0.0270. The van der Waals surface area contributed by atoms with Crippen molar-refractivity contribution in [2.24, 2.45) is 0 Å². The first-order valence-corrected chi connectivity index (χ1v) is 6.79. The average molecular weight is 270 g/mol. The van der Waals surface area contributed by atoms with Crippen LogP contribution in [-0.2, 0) is 4.74 Å². The van der Waals surface area contributed by atoms with Crippen molar-refractivity contribution in [1.29, 1.82) is 0 Å². The Bertz CT molecular complexity index is 413. The van der Waals surface area contributed by atoms with Crippen LogP contribution in [0.1, 0.15) is 31.6 Å². The summed E-state index contributed by atoms with van der Waals surface area (Å²) in [5.74, 6) is -0.0509. The highest BCUT2D eigenvalue weighted by atomic mass is 32.1. The zero-order valence-electron chi connectivity index (χ0n) is 10.8. The molecule has 2 atom stereocenters. The molecule has 2 rings (SSSR count). The number of aliphatic hydroxyl groups excluding tert-OH is 1. The fourth-order valence-electron chi connectivity index (χ4n) is 1.95. The van der Waals surface area contributed by atoms with Gasteiger partial charge in [0.25, 0.3) is 0 Å². The van der Waals surface area contributed by atoms with Gasteiger partial charge in [-0.2, -0.15) is 0 Å². The lowest BCUT2D eigenvalue weighted by atomic mass is 10.1. The van der Waals surface area contributed by atoms with E-state index in [2.05, 4.69) is 4.98 Å². The van der Waals surface area contributed by atoms with Crippen molar-refractivity contribution in [1.82, 2.24) is 9.88 Å². The standard InChI is InChI=1S/C12H18N2O3S/c1-12(2,3)17-11(16)14-5-8(9(15)6-14)10-4-13-7-18-10/h4,7-9,15H,5-6H2,1-3H3. The Labute approximate surface area is 110 Å². The largest absolute Gasteiger partial charge is 0.444 e. The third kappa shape index (κ3) is 3.00. The zero-order chi connectivity index (χ0) is 13.3. The Morgan fingerprint density at radius 1 is 1.56 bits per heavy atom. The van der Waals surface area contributed by atoms with Gasteiger partial charge >= 0.3 is 6.09 Å². The van der Waals surface area contributed by atoms with Crippen molar-refractivity contribution < 1.29 is 14.6 Å². The number of carbonyl (C=O) groups is 1. The summed E-state index contributed by atoms with van der Waals surface area (Å²) < 4.78 is 5.30. The number of nitrogens with zero attached hydrogens (tertiary/aromatic N) is 2. The van der Waals surface area contributed by atoms with Gasteiger partial charge in [-0.3, -0.25) is 4.98 Å². The lowest BCUT2D eigenvalue weighted by Gasteiger charge is -2.24. The number of hydrogen-bond acceptors (Lipinski definition) is 5. The van der Waals surface area contributed by atoms with Crippen molar-refractivity contribution in [2.75, 3.05) is 13.1 Å². The van der Waals surface area contributed by atoms with Crippen LogP contribution >= 0.6 is 11.3 Å². The molecule has 0 bridgehead atoms. The van der Waals surface area contributed by atoms with Crippen molar-refractivity contribution >= 4 is 17.4 Å². The van der Waals surface area contributed by atoms with Crippen LogP contribution in [0.15, 0.2) is 11.7 Å². The second-order valence-corrected chi connectivity index (χ2v) is 6.38. The number of β-amino-alcohol motifs (C(OH)–C–C–N with tert-alkyl or cyclic N) is 1. The molecule has 5 nitrogen and oxygen atoms in total. The number of amides is 1. The van der Waals surface area contributed by atoms with Crippen LogP contribution in [0.25, 0.3) is 0 Å². The summed E-state index contributed by atoms with van der Waals surface area (Å²) in [5, 5.41) is 10.0. The first-order valence-electron chi connectivity index (χ1n) is 5.91.